The summed E-state index contributed by atoms with van der Waals surface area (Å²) in [5.74, 6) is 0.340. The Hall–Kier alpha value is -3.83. The lowest BCUT2D eigenvalue weighted by molar-refractivity contribution is 0.313. The molecular formula is C30H32N4O. The van der Waals surface area contributed by atoms with E-state index in [1.54, 1.807) is 6.07 Å². The normalized spacial score (nSPS) is 17.2. The van der Waals surface area contributed by atoms with Crippen LogP contribution in [0.4, 0.5) is 11.4 Å². The Labute approximate surface area is 207 Å². The second-order valence-corrected chi connectivity index (χ2v) is 9.20. The van der Waals surface area contributed by atoms with Crippen LogP contribution in [0.5, 0.6) is 5.75 Å². The zero-order valence-electron chi connectivity index (χ0n) is 20.2. The van der Waals surface area contributed by atoms with Crippen molar-refractivity contribution in [3.05, 3.63) is 101 Å². The molecule has 2 heterocycles. The summed E-state index contributed by atoms with van der Waals surface area (Å²) in [7, 11) is 2.18. The van der Waals surface area contributed by atoms with Gasteiger partial charge in [-0.2, -0.15) is 0 Å². The monoisotopic (exact) mass is 464 g/mol. The van der Waals surface area contributed by atoms with Gasteiger partial charge in [0.25, 0.3) is 0 Å². The summed E-state index contributed by atoms with van der Waals surface area (Å²) in [6, 6.07) is 22.6. The predicted octanol–water partition coefficient (Wildman–Crippen LogP) is 5.29. The van der Waals surface area contributed by atoms with Gasteiger partial charge < -0.3 is 20.2 Å². The summed E-state index contributed by atoms with van der Waals surface area (Å²) in [5, 5.41) is 13.5. The Morgan fingerprint density at radius 1 is 0.971 bits per heavy atom. The summed E-state index contributed by atoms with van der Waals surface area (Å²) < 4.78 is 0. The number of nitrogens with zero attached hydrogens (tertiary/aromatic N) is 3. The van der Waals surface area contributed by atoms with Gasteiger partial charge in [0.2, 0.25) is 0 Å². The van der Waals surface area contributed by atoms with Crippen LogP contribution >= 0.6 is 0 Å². The van der Waals surface area contributed by atoms with Crippen molar-refractivity contribution in [1.29, 1.82) is 0 Å². The molecule has 2 aliphatic heterocycles. The Bertz CT molecular complexity index is 1250. The number of nitrogens with one attached hydrogen (secondary N) is 1. The summed E-state index contributed by atoms with van der Waals surface area (Å²) in [6.45, 7) is 5.02. The molecule has 1 fully saturated rings. The van der Waals surface area contributed by atoms with Crippen LogP contribution in [0, 0.1) is 0 Å². The van der Waals surface area contributed by atoms with E-state index in [2.05, 4.69) is 88.0 Å². The van der Waals surface area contributed by atoms with Crippen molar-refractivity contribution in [3.8, 4) is 5.75 Å². The Kier molecular flexibility index (Phi) is 6.96. The number of aromatic hydroxyl groups is 1. The lowest BCUT2D eigenvalue weighted by Crippen LogP contribution is -2.44. The molecule has 5 nitrogen and oxygen atoms in total. The molecule has 0 unspecified atom stereocenters. The average Bonchev–Trinajstić information content (AvgIpc) is 2.89. The number of piperazine rings is 1. The third kappa shape index (κ3) is 5.64. The lowest BCUT2D eigenvalue weighted by Gasteiger charge is -2.34. The van der Waals surface area contributed by atoms with Crippen LogP contribution in [0.25, 0.3) is 11.6 Å². The number of rotatable bonds is 6. The van der Waals surface area contributed by atoms with E-state index in [1.165, 1.54) is 16.8 Å². The molecule has 0 spiro atoms. The van der Waals surface area contributed by atoms with Crippen LogP contribution in [0.3, 0.4) is 0 Å². The Morgan fingerprint density at radius 3 is 2.57 bits per heavy atom. The van der Waals surface area contributed by atoms with Gasteiger partial charge in [0.1, 0.15) is 5.75 Å². The molecule has 0 radical (unpaired) electrons. The molecule has 178 valence electrons. The number of fused-ring (bicyclic) bond motifs is 1. The number of phenolic OH excluding ortho intramolecular Hbond substituents is 1. The van der Waals surface area contributed by atoms with Crippen molar-refractivity contribution in [3.63, 3.8) is 0 Å². The molecule has 0 aliphatic carbocycles. The zero-order chi connectivity index (χ0) is 24.0. The fourth-order valence-corrected chi connectivity index (χ4v) is 4.53. The van der Waals surface area contributed by atoms with E-state index in [4.69, 9.17) is 0 Å². The molecule has 2 N–H and O–H groups in total. The molecule has 0 aromatic heterocycles. The third-order valence-electron chi connectivity index (χ3n) is 6.70. The van der Waals surface area contributed by atoms with Crippen LogP contribution in [0.15, 0.2) is 84.0 Å². The van der Waals surface area contributed by atoms with Crippen LogP contribution in [0.2, 0.25) is 0 Å². The zero-order valence-corrected chi connectivity index (χ0v) is 20.2. The van der Waals surface area contributed by atoms with Gasteiger partial charge in [0, 0.05) is 50.0 Å². The first kappa shape index (κ1) is 22.9. The van der Waals surface area contributed by atoms with Crippen molar-refractivity contribution >= 4 is 29.2 Å². The summed E-state index contributed by atoms with van der Waals surface area (Å²) >= 11 is 0. The van der Waals surface area contributed by atoms with Gasteiger partial charge >= 0.3 is 0 Å². The Morgan fingerprint density at radius 2 is 1.77 bits per heavy atom. The molecule has 5 heteroatoms. The van der Waals surface area contributed by atoms with E-state index in [0.29, 0.717) is 18.7 Å². The number of hydrogen-bond donors (Lipinski definition) is 2. The first-order valence-corrected chi connectivity index (χ1v) is 12.2. The van der Waals surface area contributed by atoms with E-state index >= 15 is 0 Å². The molecule has 35 heavy (non-hydrogen) atoms. The van der Waals surface area contributed by atoms with Crippen LogP contribution in [-0.2, 0) is 6.42 Å². The number of benzene rings is 3. The number of aliphatic imine (C=N–C) groups is 1. The molecule has 1 saturated heterocycles. The van der Waals surface area contributed by atoms with Gasteiger partial charge in [-0.25, -0.2) is 0 Å². The molecule has 0 atom stereocenters. The first-order valence-electron chi connectivity index (χ1n) is 12.2. The van der Waals surface area contributed by atoms with Gasteiger partial charge in [-0.3, -0.25) is 4.99 Å². The molecule has 3 aromatic rings. The number of para-hydroxylation sites is 1. The number of phenols is 1. The standard InChI is InChI=1S/C30H32N4O/c1-33-15-17-34(18-16-33)28-13-11-27(12-14-28)32-22-26-21-31-20-25-10-9-23(19-29(25)26)5-4-7-24-6-2-3-8-30(24)35/h2-6,8-14,19-20,22,32,35H,7,15-18,21H2,1H3. The maximum Gasteiger partial charge on any atom is 0.119 e. The van der Waals surface area contributed by atoms with Crippen LogP contribution in [0.1, 0.15) is 22.3 Å². The summed E-state index contributed by atoms with van der Waals surface area (Å²) in [5.41, 5.74) is 7.92. The van der Waals surface area contributed by atoms with E-state index in [1.807, 2.05) is 24.4 Å². The van der Waals surface area contributed by atoms with Crippen molar-refractivity contribution in [1.82, 2.24) is 4.90 Å². The highest BCUT2D eigenvalue weighted by Crippen LogP contribution is 2.26. The van der Waals surface area contributed by atoms with Crippen molar-refractivity contribution in [2.24, 2.45) is 4.99 Å². The van der Waals surface area contributed by atoms with Crippen LogP contribution < -0.4 is 10.2 Å². The number of hydrogen-bond acceptors (Lipinski definition) is 5. The summed E-state index contributed by atoms with van der Waals surface area (Å²) in [6.07, 6.45) is 8.93. The number of allylic oxidation sites excluding steroid dienone is 1. The second kappa shape index (κ2) is 10.6. The molecule has 2 aliphatic rings. The third-order valence-corrected chi connectivity index (χ3v) is 6.70. The highest BCUT2D eigenvalue weighted by Gasteiger charge is 2.14. The smallest absolute Gasteiger partial charge is 0.119 e. The minimum atomic E-state index is 0.340. The minimum Gasteiger partial charge on any atom is -0.508 e. The minimum absolute atomic E-state index is 0.340. The summed E-state index contributed by atoms with van der Waals surface area (Å²) in [4.78, 5) is 9.37. The number of anilines is 2. The molecule has 3 aromatic carbocycles. The van der Waals surface area contributed by atoms with Crippen molar-refractivity contribution in [2.45, 2.75) is 6.42 Å². The average molecular weight is 465 g/mol. The maximum atomic E-state index is 9.98. The topological polar surface area (TPSA) is 51.1 Å². The van der Waals surface area contributed by atoms with E-state index in [0.717, 1.165) is 48.6 Å². The Balaban J connectivity index is 1.27. The van der Waals surface area contributed by atoms with Gasteiger partial charge in [0.05, 0.1) is 6.54 Å². The molecule has 0 bridgehead atoms. The highest BCUT2D eigenvalue weighted by atomic mass is 16.3. The first-order chi connectivity index (χ1) is 17.2. The van der Waals surface area contributed by atoms with E-state index < -0.39 is 0 Å². The molecule has 0 amide bonds. The maximum absolute atomic E-state index is 9.98. The SMILES string of the molecule is CN1CCN(c2ccc(NC=C3CN=Cc4ccc(C=CCc5ccccc5O)cc43)cc2)CC1. The molecule has 5 rings (SSSR count). The van der Waals surface area contributed by atoms with E-state index in [-0.39, 0.29) is 0 Å². The van der Waals surface area contributed by atoms with Gasteiger partial charge in [0.15, 0.2) is 0 Å². The quantitative estimate of drug-likeness (QED) is 0.521. The van der Waals surface area contributed by atoms with E-state index in [9.17, 15) is 5.11 Å². The molecule has 0 saturated carbocycles. The van der Waals surface area contributed by atoms with Crippen LogP contribution in [-0.4, -0.2) is 56.0 Å². The number of likely N-dealkylation sites (N-methyl/N-ethyl adjacent to an activating group) is 1. The lowest BCUT2D eigenvalue weighted by atomic mass is 9.96. The fraction of sp³-hybridized carbons (Fsp3) is 0.233. The van der Waals surface area contributed by atoms with Crippen molar-refractivity contribution < 1.29 is 5.11 Å². The second-order valence-electron chi connectivity index (χ2n) is 9.20. The van der Waals surface area contributed by atoms with Gasteiger partial charge in [-0.05, 0) is 77.7 Å². The van der Waals surface area contributed by atoms with Gasteiger partial charge in [-0.1, -0.05) is 42.5 Å². The van der Waals surface area contributed by atoms with Crippen molar-refractivity contribution in [2.75, 3.05) is 50.0 Å². The fourth-order valence-electron chi connectivity index (χ4n) is 4.53. The predicted molar refractivity (Wildman–Crippen MR) is 147 cm³/mol. The largest absolute Gasteiger partial charge is 0.508 e. The highest BCUT2D eigenvalue weighted by molar-refractivity contribution is 5.93. The van der Waals surface area contributed by atoms with Gasteiger partial charge in [-0.15, -0.1) is 0 Å². The molecular weight excluding hydrogens is 432 g/mol.